The summed E-state index contributed by atoms with van der Waals surface area (Å²) in [6, 6.07) is 4.92. The number of rotatable bonds is 4. The zero-order valence-corrected chi connectivity index (χ0v) is 12.5. The Balaban J connectivity index is 2.48. The summed E-state index contributed by atoms with van der Waals surface area (Å²) in [5.74, 6) is 0.130. The number of benzene rings is 1. The molecular formula is C11H8BrClN4O3. The minimum atomic E-state index is -0.618. The molecule has 0 aliphatic heterocycles. The van der Waals surface area contributed by atoms with Crippen molar-refractivity contribution in [1.82, 2.24) is 9.97 Å². The second kappa shape index (κ2) is 6.02. The summed E-state index contributed by atoms with van der Waals surface area (Å²) in [4.78, 5) is 18.0. The van der Waals surface area contributed by atoms with Gasteiger partial charge in [-0.05, 0) is 18.2 Å². The summed E-state index contributed by atoms with van der Waals surface area (Å²) in [6.45, 7) is 0. The molecule has 0 saturated carbocycles. The predicted octanol–water partition coefficient (Wildman–Crippen LogP) is 3.63. The van der Waals surface area contributed by atoms with E-state index in [1.54, 1.807) is 18.2 Å². The lowest BCUT2D eigenvalue weighted by molar-refractivity contribution is -0.385. The van der Waals surface area contributed by atoms with Crippen molar-refractivity contribution in [3.8, 4) is 11.6 Å². The van der Waals surface area contributed by atoms with Gasteiger partial charge in [0.25, 0.3) is 0 Å². The third kappa shape index (κ3) is 2.97. The monoisotopic (exact) mass is 358 g/mol. The van der Waals surface area contributed by atoms with Gasteiger partial charge in [0.2, 0.25) is 5.82 Å². The number of anilines is 1. The van der Waals surface area contributed by atoms with Crippen LogP contribution in [0, 0.1) is 10.1 Å². The van der Waals surface area contributed by atoms with Gasteiger partial charge in [0, 0.05) is 11.5 Å². The summed E-state index contributed by atoms with van der Waals surface area (Å²) in [5.41, 5.74) is -0.356. The number of nitrogens with one attached hydrogen (secondary N) is 1. The summed E-state index contributed by atoms with van der Waals surface area (Å²) < 4.78 is 6.15. The molecular weight excluding hydrogens is 352 g/mol. The lowest BCUT2D eigenvalue weighted by Gasteiger charge is -2.08. The van der Waals surface area contributed by atoms with E-state index in [1.807, 2.05) is 0 Å². The highest BCUT2D eigenvalue weighted by atomic mass is 79.9. The molecule has 0 atom stereocenters. The third-order valence-electron chi connectivity index (χ3n) is 2.31. The first-order chi connectivity index (χ1) is 9.52. The molecule has 7 nitrogen and oxygen atoms in total. The number of nitrogens with zero attached hydrogens (tertiary/aromatic N) is 3. The molecule has 0 radical (unpaired) electrons. The SMILES string of the molecule is CNc1ncnc(Oc2cc(Br)ccc2Cl)c1[N+](=O)[O-]. The van der Waals surface area contributed by atoms with Gasteiger partial charge in [-0.25, -0.2) is 4.98 Å². The van der Waals surface area contributed by atoms with Crippen LogP contribution in [0.2, 0.25) is 5.02 Å². The van der Waals surface area contributed by atoms with Crippen LogP contribution in [0.15, 0.2) is 29.0 Å². The number of nitro groups is 1. The summed E-state index contributed by atoms with van der Waals surface area (Å²) in [6.07, 6.45) is 1.17. The quantitative estimate of drug-likeness (QED) is 0.662. The highest BCUT2D eigenvalue weighted by Gasteiger charge is 2.24. The molecule has 0 bridgehead atoms. The molecule has 20 heavy (non-hydrogen) atoms. The second-order valence-corrected chi connectivity index (χ2v) is 4.88. The van der Waals surface area contributed by atoms with Gasteiger partial charge in [-0.15, -0.1) is 0 Å². The molecule has 104 valence electrons. The van der Waals surface area contributed by atoms with Crippen LogP contribution in [0.5, 0.6) is 11.6 Å². The van der Waals surface area contributed by atoms with Crippen LogP contribution in [0.1, 0.15) is 0 Å². The second-order valence-electron chi connectivity index (χ2n) is 3.56. The third-order valence-corrected chi connectivity index (χ3v) is 3.11. The Bertz CT molecular complexity index is 668. The van der Waals surface area contributed by atoms with Crippen molar-refractivity contribution in [2.75, 3.05) is 12.4 Å². The van der Waals surface area contributed by atoms with Crippen LogP contribution in [-0.2, 0) is 0 Å². The van der Waals surface area contributed by atoms with E-state index in [9.17, 15) is 10.1 Å². The molecule has 0 saturated heterocycles. The highest BCUT2D eigenvalue weighted by molar-refractivity contribution is 9.10. The van der Waals surface area contributed by atoms with Crippen molar-refractivity contribution in [1.29, 1.82) is 0 Å². The van der Waals surface area contributed by atoms with E-state index in [2.05, 4.69) is 31.2 Å². The lowest BCUT2D eigenvalue weighted by atomic mass is 10.3. The van der Waals surface area contributed by atoms with Gasteiger partial charge >= 0.3 is 11.6 Å². The molecule has 9 heteroatoms. The maximum atomic E-state index is 11.1. The molecule has 1 N–H and O–H groups in total. The molecule has 2 rings (SSSR count). The van der Waals surface area contributed by atoms with Crippen molar-refractivity contribution in [2.45, 2.75) is 0 Å². The number of halogens is 2. The fourth-order valence-electron chi connectivity index (χ4n) is 1.44. The maximum absolute atomic E-state index is 11.1. The van der Waals surface area contributed by atoms with Gasteiger partial charge in [-0.1, -0.05) is 27.5 Å². The number of aromatic nitrogens is 2. The number of hydrogen-bond donors (Lipinski definition) is 1. The highest BCUT2D eigenvalue weighted by Crippen LogP contribution is 2.37. The minimum absolute atomic E-state index is 0.0612. The van der Waals surface area contributed by atoms with E-state index in [4.69, 9.17) is 16.3 Å². The van der Waals surface area contributed by atoms with Crippen LogP contribution < -0.4 is 10.1 Å². The van der Waals surface area contributed by atoms with Crippen LogP contribution in [-0.4, -0.2) is 21.9 Å². The molecule has 0 aliphatic carbocycles. The van der Waals surface area contributed by atoms with Gasteiger partial charge in [0.05, 0.1) is 9.95 Å². The summed E-state index contributed by atoms with van der Waals surface area (Å²) in [7, 11) is 1.52. The molecule has 0 unspecified atom stereocenters. The van der Waals surface area contributed by atoms with E-state index in [0.29, 0.717) is 5.02 Å². The Hall–Kier alpha value is -1.93. The zero-order chi connectivity index (χ0) is 14.7. The largest absolute Gasteiger partial charge is 0.432 e. The molecule has 1 aromatic heterocycles. The molecule has 0 aliphatic rings. The van der Waals surface area contributed by atoms with Gasteiger partial charge in [-0.3, -0.25) is 10.1 Å². The summed E-state index contributed by atoms with van der Waals surface area (Å²) in [5, 5.41) is 14.0. The standard InChI is InChI=1S/C11H8BrClN4O3/c1-14-10-9(17(18)19)11(16-5-15-10)20-8-4-6(12)2-3-7(8)13/h2-5H,1H3,(H,14,15,16). The van der Waals surface area contributed by atoms with Crippen molar-refractivity contribution in [2.24, 2.45) is 0 Å². The van der Waals surface area contributed by atoms with Crippen LogP contribution in [0.3, 0.4) is 0 Å². The van der Waals surface area contributed by atoms with E-state index < -0.39 is 4.92 Å². The smallest absolute Gasteiger partial charge is 0.373 e. The van der Waals surface area contributed by atoms with Gasteiger partial charge < -0.3 is 10.1 Å². The molecule has 2 aromatic rings. The van der Waals surface area contributed by atoms with Crippen molar-refractivity contribution in [3.63, 3.8) is 0 Å². The molecule has 1 heterocycles. The molecule has 1 aromatic carbocycles. The Morgan fingerprint density at radius 1 is 1.45 bits per heavy atom. The van der Waals surface area contributed by atoms with Gasteiger partial charge in [-0.2, -0.15) is 4.98 Å². The normalized spacial score (nSPS) is 10.2. The average Bonchev–Trinajstić information content (AvgIpc) is 2.42. The molecule has 0 fully saturated rings. The Morgan fingerprint density at radius 2 is 2.20 bits per heavy atom. The Morgan fingerprint density at radius 3 is 2.85 bits per heavy atom. The topological polar surface area (TPSA) is 90.2 Å². The van der Waals surface area contributed by atoms with Crippen molar-refractivity contribution < 1.29 is 9.66 Å². The maximum Gasteiger partial charge on any atom is 0.373 e. The number of hydrogen-bond acceptors (Lipinski definition) is 6. The van der Waals surface area contributed by atoms with Gasteiger partial charge in [0.1, 0.15) is 12.1 Å². The first-order valence-corrected chi connectivity index (χ1v) is 6.50. The first-order valence-electron chi connectivity index (χ1n) is 5.33. The Kier molecular flexibility index (Phi) is 4.35. The minimum Gasteiger partial charge on any atom is -0.432 e. The van der Waals surface area contributed by atoms with E-state index >= 15 is 0 Å². The number of ether oxygens (including phenoxy) is 1. The lowest BCUT2D eigenvalue weighted by Crippen LogP contribution is -2.03. The van der Waals surface area contributed by atoms with Crippen LogP contribution in [0.4, 0.5) is 11.5 Å². The zero-order valence-electron chi connectivity index (χ0n) is 10.1. The van der Waals surface area contributed by atoms with E-state index in [-0.39, 0.29) is 23.1 Å². The molecule has 0 spiro atoms. The fraction of sp³-hybridized carbons (Fsp3) is 0.0909. The van der Waals surface area contributed by atoms with Crippen LogP contribution >= 0.6 is 27.5 Å². The predicted molar refractivity (Wildman–Crippen MR) is 77.5 cm³/mol. The first kappa shape index (κ1) is 14.5. The fourth-order valence-corrected chi connectivity index (χ4v) is 1.94. The van der Waals surface area contributed by atoms with Crippen molar-refractivity contribution in [3.05, 3.63) is 44.1 Å². The van der Waals surface area contributed by atoms with Crippen molar-refractivity contribution >= 4 is 39.0 Å². The van der Waals surface area contributed by atoms with Gasteiger partial charge in [0.15, 0.2) is 0 Å². The molecule has 0 amide bonds. The average molecular weight is 360 g/mol. The summed E-state index contributed by atoms with van der Waals surface area (Å²) >= 11 is 9.24. The van der Waals surface area contributed by atoms with E-state index in [1.165, 1.54) is 13.4 Å². The van der Waals surface area contributed by atoms with Crippen LogP contribution in [0.25, 0.3) is 0 Å². The Labute approximate surface area is 127 Å². The van der Waals surface area contributed by atoms with E-state index in [0.717, 1.165) is 4.47 Å².